The van der Waals surface area contributed by atoms with Crippen molar-refractivity contribution in [1.82, 2.24) is 4.90 Å². The Morgan fingerprint density at radius 2 is 2.00 bits per heavy atom. The zero-order chi connectivity index (χ0) is 11.8. The number of carbonyl (C=O) groups is 1. The van der Waals surface area contributed by atoms with E-state index in [1.807, 2.05) is 0 Å². The number of hydrogen-bond donors (Lipinski definition) is 0. The van der Waals surface area contributed by atoms with E-state index in [9.17, 15) is 13.6 Å². The van der Waals surface area contributed by atoms with Gasteiger partial charge in [-0.1, -0.05) is 11.6 Å². The molecule has 1 fully saturated rings. The summed E-state index contributed by atoms with van der Waals surface area (Å²) in [4.78, 5) is 13.8. The van der Waals surface area contributed by atoms with Crippen LogP contribution in [0.4, 0.5) is 8.78 Å². The summed E-state index contributed by atoms with van der Waals surface area (Å²) in [6.45, 7) is 0.225. The lowest BCUT2D eigenvalue weighted by Crippen LogP contribution is -2.42. The van der Waals surface area contributed by atoms with Gasteiger partial charge in [0.1, 0.15) is 0 Å². The monoisotopic (exact) mass is 265 g/mol. The molecule has 2 heterocycles. The van der Waals surface area contributed by atoms with Gasteiger partial charge in [-0.3, -0.25) is 4.79 Å². The van der Waals surface area contributed by atoms with Crippen LogP contribution in [0.1, 0.15) is 22.5 Å². The Balaban J connectivity index is 2.02. The van der Waals surface area contributed by atoms with Crippen molar-refractivity contribution in [2.75, 3.05) is 13.1 Å². The average Bonchev–Trinajstić information content (AvgIpc) is 2.64. The van der Waals surface area contributed by atoms with E-state index in [4.69, 9.17) is 11.6 Å². The van der Waals surface area contributed by atoms with Crippen LogP contribution in [0.5, 0.6) is 0 Å². The summed E-state index contributed by atoms with van der Waals surface area (Å²) in [5.41, 5.74) is 0. The first-order valence-electron chi connectivity index (χ1n) is 4.90. The third-order valence-electron chi connectivity index (χ3n) is 2.57. The Hall–Kier alpha value is -0.680. The highest BCUT2D eigenvalue weighted by atomic mass is 35.5. The lowest BCUT2D eigenvalue weighted by Gasteiger charge is -2.31. The summed E-state index contributed by atoms with van der Waals surface area (Å²) in [6, 6.07) is 3.26. The quantitative estimate of drug-likeness (QED) is 0.763. The molecule has 0 radical (unpaired) electrons. The Bertz CT molecular complexity index is 397. The number of nitrogens with zero attached hydrogens (tertiary/aromatic N) is 1. The second-order valence-corrected chi connectivity index (χ2v) is 5.47. The molecule has 1 aromatic rings. The van der Waals surface area contributed by atoms with E-state index in [-0.39, 0.29) is 31.8 Å². The summed E-state index contributed by atoms with van der Waals surface area (Å²) in [6.07, 6.45) is -0.504. The Morgan fingerprint density at radius 1 is 1.38 bits per heavy atom. The SMILES string of the molecule is O=C(c1ccc(Cl)s1)N1CCC(F)(F)CC1. The van der Waals surface area contributed by atoms with Crippen LogP contribution in [-0.2, 0) is 0 Å². The smallest absolute Gasteiger partial charge is 0.263 e. The summed E-state index contributed by atoms with van der Waals surface area (Å²) in [7, 11) is 0. The summed E-state index contributed by atoms with van der Waals surface area (Å²) in [5.74, 6) is -2.82. The average molecular weight is 266 g/mol. The molecule has 0 bridgehead atoms. The number of carbonyl (C=O) groups excluding carboxylic acids is 1. The number of alkyl halides is 2. The maximum absolute atomic E-state index is 12.9. The van der Waals surface area contributed by atoms with E-state index < -0.39 is 5.92 Å². The standard InChI is InChI=1S/C10H10ClF2NOS/c11-8-2-1-7(16-8)9(15)14-5-3-10(12,13)4-6-14/h1-2H,3-6H2. The Labute approximate surface area is 101 Å². The maximum atomic E-state index is 12.9. The largest absolute Gasteiger partial charge is 0.338 e. The van der Waals surface area contributed by atoms with Gasteiger partial charge in [0.25, 0.3) is 11.8 Å². The van der Waals surface area contributed by atoms with E-state index >= 15 is 0 Å². The highest BCUT2D eigenvalue weighted by Crippen LogP contribution is 2.29. The number of thiophene rings is 1. The lowest BCUT2D eigenvalue weighted by atomic mass is 10.1. The second-order valence-electron chi connectivity index (χ2n) is 3.75. The van der Waals surface area contributed by atoms with Gasteiger partial charge in [-0.15, -0.1) is 11.3 Å². The van der Waals surface area contributed by atoms with Crippen LogP contribution in [0.2, 0.25) is 4.34 Å². The maximum Gasteiger partial charge on any atom is 0.263 e. The van der Waals surface area contributed by atoms with Gasteiger partial charge in [-0.2, -0.15) is 0 Å². The molecule has 0 atom stereocenters. The third kappa shape index (κ3) is 2.52. The normalized spacial score (nSPS) is 19.8. The second kappa shape index (κ2) is 4.30. The van der Waals surface area contributed by atoms with E-state index in [1.54, 1.807) is 12.1 Å². The molecule has 1 saturated heterocycles. The first-order chi connectivity index (χ1) is 7.48. The lowest BCUT2D eigenvalue weighted by molar-refractivity contribution is -0.0493. The molecule has 1 aliphatic rings. The van der Waals surface area contributed by atoms with Crippen molar-refractivity contribution in [3.8, 4) is 0 Å². The molecule has 0 saturated carbocycles. The molecule has 1 amide bonds. The van der Waals surface area contributed by atoms with Gasteiger partial charge >= 0.3 is 0 Å². The minimum Gasteiger partial charge on any atom is -0.338 e. The van der Waals surface area contributed by atoms with Gasteiger partial charge < -0.3 is 4.90 Å². The van der Waals surface area contributed by atoms with Crippen LogP contribution in [0, 0.1) is 0 Å². The van der Waals surface area contributed by atoms with Crippen molar-refractivity contribution in [3.05, 3.63) is 21.3 Å². The molecule has 0 N–H and O–H groups in total. The van der Waals surface area contributed by atoms with E-state index in [0.717, 1.165) is 0 Å². The van der Waals surface area contributed by atoms with Gasteiger partial charge in [-0.25, -0.2) is 8.78 Å². The van der Waals surface area contributed by atoms with Gasteiger partial charge in [0.05, 0.1) is 9.21 Å². The molecule has 6 heteroatoms. The highest BCUT2D eigenvalue weighted by Gasteiger charge is 2.35. The minimum absolute atomic E-state index is 0.112. The topological polar surface area (TPSA) is 20.3 Å². The van der Waals surface area contributed by atoms with Gasteiger partial charge in [0.15, 0.2) is 0 Å². The molecular weight excluding hydrogens is 256 g/mol. The zero-order valence-electron chi connectivity index (χ0n) is 8.38. The van der Waals surface area contributed by atoms with Gasteiger partial charge in [0.2, 0.25) is 0 Å². The molecule has 1 aromatic heterocycles. The Morgan fingerprint density at radius 3 is 2.50 bits per heavy atom. The fourth-order valence-corrected chi connectivity index (χ4v) is 2.63. The van der Waals surface area contributed by atoms with Crippen molar-refractivity contribution >= 4 is 28.8 Å². The van der Waals surface area contributed by atoms with E-state index in [0.29, 0.717) is 9.21 Å². The number of halogens is 3. The zero-order valence-corrected chi connectivity index (χ0v) is 9.95. The summed E-state index contributed by atoms with van der Waals surface area (Å²) < 4.78 is 26.3. The first-order valence-corrected chi connectivity index (χ1v) is 6.10. The van der Waals surface area contributed by atoms with Crippen molar-refractivity contribution < 1.29 is 13.6 Å². The fraction of sp³-hybridized carbons (Fsp3) is 0.500. The van der Waals surface area contributed by atoms with E-state index in [2.05, 4.69) is 0 Å². The van der Waals surface area contributed by atoms with Crippen molar-refractivity contribution in [2.45, 2.75) is 18.8 Å². The molecule has 88 valence electrons. The molecular formula is C10H10ClF2NOS. The Kier molecular flexibility index (Phi) is 3.17. The summed E-state index contributed by atoms with van der Waals surface area (Å²) >= 11 is 6.89. The van der Waals surface area contributed by atoms with Crippen molar-refractivity contribution in [3.63, 3.8) is 0 Å². The van der Waals surface area contributed by atoms with Crippen molar-refractivity contribution in [1.29, 1.82) is 0 Å². The van der Waals surface area contributed by atoms with Crippen LogP contribution in [0.25, 0.3) is 0 Å². The predicted octanol–water partition coefficient (Wildman–Crippen LogP) is 3.27. The van der Waals surface area contributed by atoms with Crippen molar-refractivity contribution in [2.24, 2.45) is 0 Å². The highest BCUT2D eigenvalue weighted by molar-refractivity contribution is 7.17. The molecule has 0 aromatic carbocycles. The number of hydrogen-bond acceptors (Lipinski definition) is 2. The van der Waals surface area contributed by atoms with Gasteiger partial charge in [-0.05, 0) is 12.1 Å². The number of rotatable bonds is 1. The number of amides is 1. The molecule has 16 heavy (non-hydrogen) atoms. The molecule has 2 rings (SSSR count). The van der Waals surface area contributed by atoms with Gasteiger partial charge in [0, 0.05) is 25.9 Å². The molecule has 0 aliphatic carbocycles. The number of piperidine rings is 1. The first kappa shape index (κ1) is 11.8. The molecule has 0 unspecified atom stereocenters. The molecule has 1 aliphatic heterocycles. The molecule has 0 spiro atoms. The molecule has 2 nitrogen and oxygen atoms in total. The van der Waals surface area contributed by atoms with E-state index in [1.165, 1.54) is 16.2 Å². The van der Waals surface area contributed by atoms with Crippen LogP contribution in [0.15, 0.2) is 12.1 Å². The minimum atomic E-state index is -2.62. The predicted molar refractivity (Wildman–Crippen MR) is 59.4 cm³/mol. The van der Waals surface area contributed by atoms with Crippen LogP contribution in [-0.4, -0.2) is 29.8 Å². The van der Waals surface area contributed by atoms with Crippen LogP contribution in [0.3, 0.4) is 0 Å². The van der Waals surface area contributed by atoms with Crippen LogP contribution < -0.4 is 0 Å². The third-order valence-corrected chi connectivity index (χ3v) is 3.79. The fourth-order valence-electron chi connectivity index (χ4n) is 1.62. The summed E-state index contributed by atoms with van der Waals surface area (Å²) in [5, 5.41) is 0. The number of likely N-dealkylation sites (tertiary alicyclic amines) is 1. The van der Waals surface area contributed by atoms with Crippen LogP contribution >= 0.6 is 22.9 Å².